The smallest absolute Gasteiger partial charge is 0.294 e. The number of aryl methyl sites for hydroxylation is 1. The van der Waals surface area contributed by atoms with Crippen LogP contribution < -0.4 is 16.2 Å². The zero-order valence-electron chi connectivity index (χ0n) is 25.8. The molecule has 2 aliphatic rings. The molecule has 0 radical (unpaired) electrons. The second kappa shape index (κ2) is 12.7. The molecular weight excluding hydrogens is 625 g/mol. The summed E-state index contributed by atoms with van der Waals surface area (Å²) in [5.41, 5.74) is 5.53. The van der Waals surface area contributed by atoms with Crippen molar-refractivity contribution in [2.75, 3.05) is 31.6 Å². The molecule has 7 rings (SSSR count). The molecule has 2 saturated heterocycles. The Kier molecular flexibility index (Phi) is 8.44. The average Bonchev–Trinajstić information content (AvgIpc) is 3.73. The molecule has 5 aromatic rings. The minimum Gasteiger partial charge on any atom is -0.381 e. The van der Waals surface area contributed by atoms with Gasteiger partial charge in [0.15, 0.2) is 4.21 Å². The topological polar surface area (TPSA) is 146 Å². The number of piperidine rings is 1. The number of pyridine rings is 1. The van der Waals surface area contributed by atoms with Crippen LogP contribution in [0.2, 0.25) is 0 Å². The largest absolute Gasteiger partial charge is 0.381 e. The zero-order chi connectivity index (χ0) is 31.8. The number of thiazole rings is 1. The Labute approximate surface area is 270 Å². The molecule has 2 N–H and O–H groups in total. The fourth-order valence-electron chi connectivity index (χ4n) is 6.52. The van der Waals surface area contributed by atoms with Gasteiger partial charge in [0.2, 0.25) is 5.95 Å². The van der Waals surface area contributed by atoms with Crippen LogP contribution in [0.5, 0.6) is 0 Å². The molecule has 0 saturated carbocycles. The van der Waals surface area contributed by atoms with Crippen LogP contribution in [0, 0.1) is 19.8 Å². The minimum absolute atomic E-state index is 0.0779. The van der Waals surface area contributed by atoms with Gasteiger partial charge in [-0.1, -0.05) is 12.1 Å². The standard InChI is InChI=1S/C32H36N8O4S2/c1-20-29(21(2)40(38-20)46(42,43)28-17-34-19-45-28)27-14-25-16-35-32(36-26-7-5-23(6-8-26)24-4-3-11-33-15-24)37-30(25)39(31(27)41)18-22-9-12-44-13-10-22/h5-8,14,16-17,19,22,24,33H,3-4,9-13,15,18H2,1-2H3,(H,35,36,37). The van der Waals surface area contributed by atoms with Crippen LogP contribution in [0.15, 0.2) is 57.2 Å². The van der Waals surface area contributed by atoms with Crippen LogP contribution in [0.3, 0.4) is 0 Å². The normalized spacial score (nSPS) is 17.8. The Morgan fingerprint density at radius 3 is 2.63 bits per heavy atom. The number of nitrogens with zero attached hydrogens (tertiary/aromatic N) is 6. The molecule has 12 nitrogen and oxygen atoms in total. The number of rotatable bonds is 8. The lowest BCUT2D eigenvalue weighted by Crippen LogP contribution is -2.29. The van der Waals surface area contributed by atoms with Crippen molar-refractivity contribution in [3.63, 3.8) is 0 Å². The second-order valence-electron chi connectivity index (χ2n) is 12.0. The van der Waals surface area contributed by atoms with E-state index in [1.165, 1.54) is 30.1 Å². The Morgan fingerprint density at radius 2 is 1.91 bits per heavy atom. The molecule has 1 atom stereocenters. The van der Waals surface area contributed by atoms with Gasteiger partial charge in [0.25, 0.3) is 15.6 Å². The number of benzene rings is 1. The zero-order valence-corrected chi connectivity index (χ0v) is 27.4. The number of anilines is 2. The van der Waals surface area contributed by atoms with E-state index in [0.29, 0.717) is 65.2 Å². The van der Waals surface area contributed by atoms with Crippen molar-refractivity contribution in [1.29, 1.82) is 0 Å². The summed E-state index contributed by atoms with van der Waals surface area (Å²) in [6.07, 6.45) is 7.04. The van der Waals surface area contributed by atoms with E-state index in [-0.39, 0.29) is 15.7 Å². The van der Waals surface area contributed by atoms with E-state index in [2.05, 4.69) is 37.8 Å². The maximum atomic E-state index is 14.4. The molecule has 0 spiro atoms. The molecular formula is C32H36N8O4S2. The third kappa shape index (κ3) is 5.85. The van der Waals surface area contributed by atoms with E-state index in [0.717, 1.165) is 47.0 Å². The Bertz CT molecular complexity index is 2030. The van der Waals surface area contributed by atoms with Gasteiger partial charge in [0.1, 0.15) is 5.65 Å². The number of fused-ring (bicyclic) bond motifs is 1. The van der Waals surface area contributed by atoms with Crippen molar-refractivity contribution in [1.82, 2.24) is 34.0 Å². The first-order valence-corrected chi connectivity index (χ1v) is 17.9. The molecule has 0 aliphatic carbocycles. The van der Waals surface area contributed by atoms with Crippen molar-refractivity contribution < 1.29 is 13.2 Å². The summed E-state index contributed by atoms with van der Waals surface area (Å²) >= 11 is 1.02. The lowest BCUT2D eigenvalue weighted by Gasteiger charge is -2.24. The first-order valence-electron chi connectivity index (χ1n) is 15.6. The maximum absolute atomic E-state index is 14.4. The van der Waals surface area contributed by atoms with Crippen LogP contribution in [0.4, 0.5) is 11.6 Å². The molecule has 240 valence electrons. The highest BCUT2D eigenvalue weighted by Crippen LogP contribution is 2.31. The first kappa shape index (κ1) is 30.7. The SMILES string of the molecule is Cc1nn(S(=O)(=O)c2cncs2)c(C)c1-c1cc2cnc(Nc3ccc(C4CCCNC4)cc3)nc2n(CC2CCOCC2)c1=O. The lowest BCUT2D eigenvalue weighted by molar-refractivity contribution is 0.0613. The molecule has 1 aromatic carbocycles. The molecule has 2 aliphatic heterocycles. The fraction of sp³-hybridized carbons (Fsp3) is 0.406. The second-order valence-corrected chi connectivity index (χ2v) is 14.9. The minimum atomic E-state index is -3.97. The third-order valence-corrected chi connectivity index (χ3v) is 11.9. The van der Waals surface area contributed by atoms with E-state index in [1.807, 2.05) is 12.1 Å². The number of ether oxygens (including phenoxy) is 1. The summed E-state index contributed by atoms with van der Waals surface area (Å²) in [5, 5.41) is 11.8. The number of nitrogens with one attached hydrogen (secondary N) is 2. The summed E-state index contributed by atoms with van der Waals surface area (Å²) in [6, 6.07) is 10.1. The van der Waals surface area contributed by atoms with Gasteiger partial charge in [0, 0.05) is 49.1 Å². The van der Waals surface area contributed by atoms with Crippen molar-refractivity contribution in [2.45, 2.75) is 56.2 Å². The predicted molar refractivity (Wildman–Crippen MR) is 177 cm³/mol. The summed E-state index contributed by atoms with van der Waals surface area (Å²) in [5.74, 6) is 1.14. The van der Waals surface area contributed by atoms with Crippen molar-refractivity contribution in [3.05, 3.63) is 75.5 Å². The van der Waals surface area contributed by atoms with E-state index >= 15 is 0 Å². The highest BCUT2D eigenvalue weighted by Gasteiger charge is 2.28. The van der Waals surface area contributed by atoms with Gasteiger partial charge in [0.05, 0.1) is 28.7 Å². The summed E-state index contributed by atoms with van der Waals surface area (Å²) in [6.45, 7) is 7.20. The Morgan fingerprint density at radius 1 is 1.11 bits per heavy atom. The highest BCUT2D eigenvalue weighted by molar-refractivity contribution is 7.91. The van der Waals surface area contributed by atoms with Gasteiger partial charge in [-0.2, -0.15) is 22.6 Å². The monoisotopic (exact) mass is 660 g/mol. The molecule has 14 heteroatoms. The number of hydrogen-bond acceptors (Lipinski definition) is 11. The Balaban J connectivity index is 1.28. The van der Waals surface area contributed by atoms with Gasteiger partial charge in [-0.25, -0.2) is 4.98 Å². The van der Waals surface area contributed by atoms with Crippen molar-refractivity contribution >= 4 is 44.0 Å². The molecule has 6 heterocycles. The molecule has 4 aromatic heterocycles. The maximum Gasteiger partial charge on any atom is 0.294 e. The van der Waals surface area contributed by atoms with Gasteiger partial charge in [-0.3, -0.25) is 14.3 Å². The summed E-state index contributed by atoms with van der Waals surface area (Å²) in [7, 11) is -3.97. The number of aromatic nitrogens is 6. The highest BCUT2D eigenvalue weighted by atomic mass is 32.2. The number of hydrogen-bond donors (Lipinski definition) is 2. The average molecular weight is 661 g/mol. The first-order chi connectivity index (χ1) is 22.3. The quantitative estimate of drug-likeness (QED) is 0.242. The fourth-order valence-corrected chi connectivity index (χ4v) is 8.74. The van der Waals surface area contributed by atoms with E-state index < -0.39 is 10.0 Å². The molecule has 1 unspecified atom stereocenters. The summed E-state index contributed by atoms with van der Waals surface area (Å²) in [4.78, 5) is 27.7. The lowest BCUT2D eigenvalue weighted by atomic mass is 9.92. The molecule has 46 heavy (non-hydrogen) atoms. The third-order valence-electron chi connectivity index (χ3n) is 8.96. The van der Waals surface area contributed by atoms with Gasteiger partial charge >= 0.3 is 0 Å². The van der Waals surface area contributed by atoms with Crippen LogP contribution in [-0.4, -0.2) is 63.4 Å². The van der Waals surface area contributed by atoms with Gasteiger partial charge < -0.3 is 15.4 Å². The van der Waals surface area contributed by atoms with Crippen LogP contribution in [0.25, 0.3) is 22.2 Å². The van der Waals surface area contributed by atoms with E-state index in [9.17, 15) is 13.2 Å². The van der Waals surface area contributed by atoms with Crippen molar-refractivity contribution in [2.24, 2.45) is 5.92 Å². The molecule has 2 fully saturated rings. The molecule has 0 amide bonds. The van der Waals surface area contributed by atoms with E-state index in [4.69, 9.17) is 9.72 Å². The predicted octanol–water partition coefficient (Wildman–Crippen LogP) is 4.60. The Hall–Kier alpha value is -3.98. The van der Waals surface area contributed by atoms with Gasteiger partial charge in [-0.15, -0.1) is 11.3 Å². The van der Waals surface area contributed by atoms with Crippen molar-refractivity contribution in [3.8, 4) is 11.1 Å². The van der Waals surface area contributed by atoms with Gasteiger partial charge in [-0.05, 0) is 81.7 Å². The summed E-state index contributed by atoms with van der Waals surface area (Å²) < 4.78 is 35.1. The van der Waals surface area contributed by atoms with Crippen LogP contribution >= 0.6 is 11.3 Å². The van der Waals surface area contributed by atoms with Crippen LogP contribution in [0.1, 0.15) is 48.6 Å². The van der Waals surface area contributed by atoms with E-state index in [1.54, 1.807) is 30.7 Å². The molecule has 0 bridgehead atoms. The van der Waals surface area contributed by atoms with Crippen LogP contribution in [-0.2, 0) is 21.3 Å².